The van der Waals surface area contributed by atoms with Crippen molar-refractivity contribution >= 4 is 6.03 Å². The molecule has 0 bridgehead atoms. The topological polar surface area (TPSA) is 35.6 Å². The fourth-order valence-corrected chi connectivity index (χ4v) is 4.12. The van der Waals surface area contributed by atoms with E-state index in [1.54, 1.807) is 5.57 Å². The first-order valence-electron chi connectivity index (χ1n) is 9.77. The van der Waals surface area contributed by atoms with Crippen molar-refractivity contribution in [1.29, 1.82) is 0 Å². The summed E-state index contributed by atoms with van der Waals surface area (Å²) in [5.41, 5.74) is 1.66. The highest BCUT2D eigenvalue weighted by Crippen LogP contribution is 2.21. The van der Waals surface area contributed by atoms with Crippen molar-refractivity contribution < 1.29 is 4.79 Å². The Morgan fingerprint density at radius 1 is 1.04 bits per heavy atom. The van der Waals surface area contributed by atoms with Gasteiger partial charge < -0.3 is 10.2 Å². The molecule has 23 heavy (non-hydrogen) atoms. The standard InChI is InChI=1S/C19H33N3O/c23-19(20-18-9-5-2-6-10-18)22-15-13-21(14-16-22)12-11-17-7-3-1-4-8-17/h7,18H,1-6,8-16H2,(H,20,23). The number of piperazine rings is 1. The first-order chi connectivity index (χ1) is 11.3. The van der Waals surface area contributed by atoms with E-state index in [0.717, 1.165) is 26.2 Å². The number of amides is 2. The number of allylic oxidation sites excluding steroid dienone is 1. The lowest BCUT2D eigenvalue weighted by molar-refractivity contribution is 0.136. The summed E-state index contributed by atoms with van der Waals surface area (Å²) in [6, 6.07) is 0.596. The van der Waals surface area contributed by atoms with Gasteiger partial charge in [0.2, 0.25) is 0 Å². The molecule has 2 fully saturated rings. The monoisotopic (exact) mass is 319 g/mol. The molecule has 0 aromatic carbocycles. The fraction of sp³-hybridized carbons (Fsp3) is 0.842. The maximum Gasteiger partial charge on any atom is 0.317 e. The van der Waals surface area contributed by atoms with Gasteiger partial charge in [-0.1, -0.05) is 30.9 Å². The fourth-order valence-electron chi connectivity index (χ4n) is 4.12. The molecular formula is C19H33N3O. The predicted octanol–water partition coefficient (Wildman–Crippen LogP) is 3.54. The summed E-state index contributed by atoms with van der Waals surface area (Å²) in [7, 11) is 0. The zero-order valence-electron chi connectivity index (χ0n) is 14.6. The molecule has 3 aliphatic rings. The summed E-state index contributed by atoms with van der Waals surface area (Å²) in [6.07, 6.45) is 15.2. The van der Waals surface area contributed by atoms with Crippen molar-refractivity contribution in [3.8, 4) is 0 Å². The molecule has 0 spiro atoms. The number of carbonyl (C=O) groups excluding carboxylic acids is 1. The van der Waals surface area contributed by atoms with Crippen LogP contribution in [0.25, 0.3) is 0 Å². The molecule has 4 heteroatoms. The molecule has 1 saturated carbocycles. The third-order valence-corrected chi connectivity index (χ3v) is 5.73. The molecule has 2 amide bonds. The van der Waals surface area contributed by atoms with E-state index in [-0.39, 0.29) is 6.03 Å². The molecule has 1 aliphatic heterocycles. The molecule has 0 aromatic rings. The molecule has 0 radical (unpaired) electrons. The minimum absolute atomic E-state index is 0.173. The quantitative estimate of drug-likeness (QED) is 0.805. The number of urea groups is 1. The van der Waals surface area contributed by atoms with Gasteiger partial charge in [0.1, 0.15) is 0 Å². The Balaban J connectivity index is 1.34. The van der Waals surface area contributed by atoms with Gasteiger partial charge in [0.25, 0.3) is 0 Å². The van der Waals surface area contributed by atoms with Gasteiger partial charge in [0.05, 0.1) is 0 Å². The smallest absolute Gasteiger partial charge is 0.317 e. The lowest BCUT2D eigenvalue weighted by atomic mass is 9.96. The zero-order valence-corrected chi connectivity index (χ0v) is 14.6. The Bertz CT molecular complexity index is 407. The molecule has 0 unspecified atom stereocenters. The summed E-state index contributed by atoms with van der Waals surface area (Å²) >= 11 is 0. The van der Waals surface area contributed by atoms with Gasteiger partial charge >= 0.3 is 6.03 Å². The van der Waals surface area contributed by atoms with E-state index < -0.39 is 0 Å². The summed E-state index contributed by atoms with van der Waals surface area (Å²) in [5.74, 6) is 0. The first kappa shape index (κ1) is 16.8. The van der Waals surface area contributed by atoms with E-state index >= 15 is 0 Å². The largest absolute Gasteiger partial charge is 0.335 e. The Kier molecular flexibility index (Phi) is 6.37. The predicted molar refractivity (Wildman–Crippen MR) is 94.6 cm³/mol. The average Bonchev–Trinajstić information content (AvgIpc) is 2.62. The SMILES string of the molecule is O=C(NC1CCCCC1)N1CCN(CCC2=CCCCC2)CC1. The summed E-state index contributed by atoms with van der Waals surface area (Å²) in [5, 5.41) is 3.25. The molecule has 0 aromatic heterocycles. The lowest BCUT2D eigenvalue weighted by Crippen LogP contribution is -2.53. The second-order valence-electron chi connectivity index (χ2n) is 7.47. The molecule has 1 saturated heterocycles. The van der Waals surface area contributed by atoms with E-state index in [9.17, 15) is 4.79 Å². The van der Waals surface area contributed by atoms with Crippen LogP contribution in [0.5, 0.6) is 0 Å². The normalized spacial score (nSPS) is 24.3. The van der Waals surface area contributed by atoms with Gasteiger partial charge in [0.15, 0.2) is 0 Å². The summed E-state index contributed by atoms with van der Waals surface area (Å²) < 4.78 is 0. The Morgan fingerprint density at radius 3 is 2.52 bits per heavy atom. The molecular weight excluding hydrogens is 286 g/mol. The first-order valence-corrected chi connectivity index (χ1v) is 9.77. The van der Waals surface area contributed by atoms with Gasteiger partial charge in [-0.3, -0.25) is 4.90 Å². The van der Waals surface area contributed by atoms with Gasteiger partial charge in [-0.2, -0.15) is 0 Å². The van der Waals surface area contributed by atoms with E-state index in [1.807, 2.05) is 4.90 Å². The van der Waals surface area contributed by atoms with Crippen LogP contribution >= 0.6 is 0 Å². The van der Waals surface area contributed by atoms with Crippen LogP contribution in [-0.2, 0) is 0 Å². The number of nitrogens with zero attached hydrogens (tertiary/aromatic N) is 2. The molecule has 3 rings (SSSR count). The van der Waals surface area contributed by atoms with Crippen LogP contribution in [-0.4, -0.2) is 54.6 Å². The van der Waals surface area contributed by atoms with Gasteiger partial charge in [0, 0.05) is 38.8 Å². The summed E-state index contributed by atoms with van der Waals surface area (Å²) in [6.45, 7) is 5.01. The van der Waals surface area contributed by atoms with Crippen molar-refractivity contribution in [2.75, 3.05) is 32.7 Å². The van der Waals surface area contributed by atoms with Crippen molar-refractivity contribution in [2.45, 2.75) is 70.3 Å². The van der Waals surface area contributed by atoms with E-state index in [1.165, 1.54) is 70.8 Å². The Hall–Kier alpha value is -1.03. The number of nitrogens with one attached hydrogen (secondary N) is 1. The number of carbonyl (C=O) groups is 1. The van der Waals surface area contributed by atoms with E-state index in [4.69, 9.17) is 0 Å². The van der Waals surface area contributed by atoms with E-state index in [0.29, 0.717) is 6.04 Å². The van der Waals surface area contributed by atoms with Gasteiger partial charge in [-0.15, -0.1) is 0 Å². The second kappa shape index (κ2) is 8.72. The molecule has 1 heterocycles. The summed E-state index contributed by atoms with van der Waals surface area (Å²) in [4.78, 5) is 16.9. The van der Waals surface area contributed by atoms with Crippen LogP contribution in [0.3, 0.4) is 0 Å². The van der Waals surface area contributed by atoms with Crippen molar-refractivity contribution in [1.82, 2.24) is 15.1 Å². The van der Waals surface area contributed by atoms with Crippen LogP contribution in [0.4, 0.5) is 4.79 Å². The van der Waals surface area contributed by atoms with Gasteiger partial charge in [-0.25, -0.2) is 4.79 Å². The number of hydrogen-bond donors (Lipinski definition) is 1. The lowest BCUT2D eigenvalue weighted by Gasteiger charge is -2.36. The minimum atomic E-state index is 0.173. The highest BCUT2D eigenvalue weighted by molar-refractivity contribution is 5.74. The van der Waals surface area contributed by atoms with Crippen molar-refractivity contribution in [3.63, 3.8) is 0 Å². The molecule has 0 atom stereocenters. The van der Waals surface area contributed by atoms with Crippen LogP contribution < -0.4 is 5.32 Å². The molecule has 4 nitrogen and oxygen atoms in total. The third-order valence-electron chi connectivity index (χ3n) is 5.73. The van der Waals surface area contributed by atoms with Gasteiger partial charge in [-0.05, 0) is 44.9 Å². The van der Waals surface area contributed by atoms with Crippen LogP contribution in [0.1, 0.15) is 64.2 Å². The van der Waals surface area contributed by atoms with Crippen molar-refractivity contribution in [2.24, 2.45) is 0 Å². The van der Waals surface area contributed by atoms with Crippen LogP contribution in [0, 0.1) is 0 Å². The average molecular weight is 319 g/mol. The van der Waals surface area contributed by atoms with Crippen molar-refractivity contribution in [3.05, 3.63) is 11.6 Å². The maximum atomic E-state index is 12.4. The number of hydrogen-bond acceptors (Lipinski definition) is 2. The molecule has 130 valence electrons. The highest BCUT2D eigenvalue weighted by atomic mass is 16.2. The minimum Gasteiger partial charge on any atom is -0.335 e. The Morgan fingerprint density at radius 2 is 1.83 bits per heavy atom. The zero-order chi connectivity index (χ0) is 15.9. The maximum absolute atomic E-state index is 12.4. The van der Waals surface area contributed by atoms with Crippen LogP contribution in [0.15, 0.2) is 11.6 Å². The van der Waals surface area contributed by atoms with Crippen LogP contribution in [0.2, 0.25) is 0 Å². The second-order valence-corrected chi connectivity index (χ2v) is 7.47. The van der Waals surface area contributed by atoms with E-state index in [2.05, 4.69) is 16.3 Å². The third kappa shape index (κ3) is 5.23. The molecule has 1 N–H and O–H groups in total. The molecule has 2 aliphatic carbocycles. The highest BCUT2D eigenvalue weighted by Gasteiger charge is 2.23. The number of rotatable bonds is 4. The Labute approximate surface area is 141 Å².